The largest absolute Gasteiger partial charge is 0.454 e. The Hall–Kier alpha value is -3.56. The number of rotatable bonds is 9. The van der Waals surface area contributed by atoms with Crippen LogP contribution in [0.25, 0.3) is 11.2 Å². The van der Waals surface area contributed by atoms with E-state index < -0.39 is 0 Å². The fraction of sp³-hybridized carbons (Fsp3) is 0.538. The molecule has 10 nitrogen and oxygen atoms in total. The van der Waals surface area contributed by atoms with Crippen LogP contribution in [0.5, 0.6) is 11.5 Å². The van der Waals surface area contributed by atoms with Gasteiger partial charge in [-0.1, -0.05) is 25.3 Å². The summed E-state index contributed by atoms with van der Waals surface area (Å²) >= 11 is 0. The van der Waals surface area contributed by atoms with Crippen molar-refractivity contribution in [3.63, 3.8) is 0 Å². The van der Waals surface area contributed by atoms with Gasteiger partial charge in [-0.15, -0.1) is 0 Å². The summed E-state index contributed by atoms with van der Waals surface area (Å²) in [5.41, 5.74) is 2.72. The minimum absolute atomic E-state index is 0.262. The van der Waals surface area contributed by atoms with Crippen LogP contribution in [0.2, 0.25) is 0 Å². The van der Waals surface area contributed by atoms with Crippen LogP contribution in [-0.4, -0.2) is 56.8 Å². The second-order valence-corrected chi connectivity index (χ2v) is 9.82. The summed E-state index contributed by atoms with van der Waals surface area (Å²) in [5, 5.41) is 6.87. The van der Waals surface area contributed by atoms with Crippen LogP contribution in [0.4, 0.5) is 11.8 Å². The zero-order valence-electron chi connectivity index (χ0n) is 20.5. The van der Waals surface area contributed by atoms with Crippen molar-refractivity contribution in [2.45, 2.75) is 64.0 Å². The summed E-state index contributed by atoms with van der Waals surface area (Å²) in [6, 6.07) is 6.36. The van der Waals surface area contributed by atoms with E-state index in [-0.39, 0.29) is 12.7 Å². The van der Waals surface area contributed by atoms with Gasteiger partial charge < -0.3 is 29.6 Å². The van der Waals surface area contributed by atoms with Gasteiger partial charge in [0.1, 0.15) is 0 Å². The van der Waals surface area contributed by atoms with Gasteiger partial charge in [0.15, 0.2) is 28.5 Å². The van der Waals surface area contributed by atoms with Gasteiger partial charge in [-0.25, -0.2) is 4.98 Å². The molecule has 0 radical (unpaired) electrons. The van der Waals surface area contributed by atoms with Crippen molar-refractivity contribution in [3.8, 4) is 11.5 Å². The van der Waals surface area contributed by atoms with Gasteiger partial charge >= 0.3 is 0 Å². The predicted molar refractivity (Wildman–Crippen MR) is 136 cm³/mol. The second-order valence-electron chi connectivity index (χ2n) is 9.82. The number of nitrogens with zero attached hydrogens (tertiary/aromatic N) is 5. The van der Waals surface area contributed by atoms with Gasteiger partial charge in [0.05, 0.1) is 6.33 Å². The molecule has 1 aromatic carbocycles. The normalized spacial score (nSPS) is 17.8. The molecule has 1 aliphatic carbocycles. The monoisotopic (exact) mass is 491 g/mol. The first-order chi connectivity index (χ1) is 17.7. The Kier molecular flexibility index (Phi) is 6.48. The number of anilines is 2. The number of likely N-dealkylation sites (tertiary alicyclic amines) is 1. The van der Waals surface area contributed by atoms with Crippen molar-refractivity contribution < 1.29 is 14.3 Å². The van der Waals surface area contributed by atoms with Crippen LogP contribution >= 0.6 is 0 Å². The summed E-state index contributed by atoms with van der Waals surface area (Å²) in [5.74, 6) is 3.10. The Balaban J connectivity index is 1.20. The molecule has 36 heavy (non-hydrogen) atoms. The number of imidazole rings is 1. The second kappa shape index (κ2) is 10.2. The summed E-state index contributed by atoms with van der Waals surface area (Å²) in [7, 11) is 0. The fourth-order valence-corrected chi connectivity index (χ4v) is 5.39. The summed E-state index contributed by atoms with van der Waals surface area (Å²) in [6.45, 7) is 3.18. The van der Waals surface area contributed by atoms with Crippen LogP contribution in [0, 0.1) is 0 Å². The molecule has 3 aromatic rings. The molecule has 10 heteroatoms. The Morgan fingerprint density at radius 1 is 1.03 bits per heavy atom. The van der Waals surface area contributed by atoms with Crippen LogP contribution in [0.3, 0.4) is 0 Å². The molecule has 0 unspecified atom stereocenters. The first-order valence-electron chi connectivity index (χ1n) is 13.1. The average Bonchev–Trinajstić information content (AvgIpc) is 3.65. The smallest absolute Gasteiger partial charge is 0.231 e. The third-order valence-electron chi connectivity index (χ3n) is 7.35. The van der Waals surface area contributed by atoms with Gasteiger partial charge in [-0.05, 0) is 43.4 Å². The quantitative estimate of drug-likeness (QED) is 0.431. The number of nitrogens with one attached hydrogen (secondary N) is 2. The molecular formula is C26H33N7O3. The zero-order chi connectivity index (χ0) is 24.3. The van der Waals surface area contributed by atoms with Crippen molar-refractivity contribution in [1.82, 2.24) is 24.4 Å². The van der Waals surface area contributed by atoms with E-state index in [0.29, 0.717) is 31.5 Å². The highest BCUT2D eigenvalue weighted by molar-refractivity contribution is 5.84. The van der Waals surface area contributed by atoms with Crippen LogP contribution in [0.1, 0.15) is 63.0 Å². The lowest BCUT2D eigenvalue weighted by atomic mass is 9.95. The fourth-order valence-electron chi connectivity index (χ4n) is 5.39. The van der Waals surface area contributed by atoms with Crippen molar-refractivity contribution in [3.05, 3.63) is 30.1 Å². The molecule has 0 spiro atoms. The molecule has 0 atom stereocenters. The molecule has 2 aromatic heterocycles. The van der Waals surface area contributed by atoms with E-state index in [0.717, 1.165) is 72.8 Å². The van der Waals surface area contributed by atoms with E-state index in [9.17, 15) is 4.79 Å². The summed E-state index contributed by atoms with van der Waals surface area (Å²) < 4.78 is 13.2. The summed E-state index contributed by atoms with van der Waals surface area (Å²) in [4.78, 5) is 28.3. The molecular weight excluding hydrogens is 458 g/mol. The highest BCUT2D eigenvalue weighted by atomic mass is 16.7. The van der Waals surface area contributed by atoms with Gasteiger partial charge in [0.25, 0.3) is 0 Å². The Morgan fingerprint density at radius 3 is 2.78 bits per heavy atom. The number of fused-ring (bicyclic) bond motifs is 2. The van der Waals surface area contributed by atoms with Crippen LogP contribution < -0.4 is 20.1 Å². The topological polar surface area (TPSA) is 106 Å². The number of benzene rings is 1. The van der Waals surface area contributed by atoms with E-state index in [1.165, 1.54) is 19.3 Å². The molecule has 6 rings (SSSR count). The number of amides is 1. The van der Waals surface area contributed by atoms with Gasteiger partial charge in [0, 0.05) is 38.6 Å². The average molecular weight is 492 g/mol. The predicted octanol–water partition coefficient (Wildman–Crippen LogP) is 4.10. The molecule has 2 N–H and O–H groups in total. The van der Waals surface area contributed by atoms with E-state index in [2.05, 4.69) is 15.2 Å². The van der Waals surface area contributed by atoms with E-state index in [1.807, 2.05) is 29.4 Å². The molecule has 2 aliphatic heterocycles. The first kappa shape index (κ1) is 22.9. The standard InChI is InChI=1S/C26H33N7O3/c34-22-8-4-12-32(22)13-5-11-27-24-23-25(33(16-29-23)19-6-2-1-3-7-19)31-26(30-24)28-15-18-9-10-20-21(14-18)36-17-35-20/h9-10,14,16,19H,1-8,11-13,15,17H2,(H2,27,28,30,31). The number of hydrogen-bond acceptors (Lipinski definition) is 8. The Morgan fingerprint density at radius 2 is 1.92 bits per heavy atom. The number of aromatic nitrogens is 4. The van der Waals surface area contributed by atoms with E-state index in [1.54, 1.807) is 0 Å². The molecule has 3 aliphatic rings. The molecule has 2 fully saturated rings. The number of ether oxygens (including phenoxy) is 2. The molecule has 190 valence electrons. The van der Waals surface area contributed by atoms with Crippen molar-refractivity contribution >= 4 is 28.8 Å². The van der Waals surface area contributed by atoms with Crippen LogP contribution in [-0.2, 0) is 11.3 Å². The number of carbonyl (C=O) groups is 1. The number of carbonyl (C=O) groups excluding carboxylic acids is 1. The van der Waals surface area contributed by atoms with Crippen molar-refractivity contribution in [2.24, 2.45) is 0 Å². The van der Waals surface area contributed by atoms with Crippen molar-refractivity contribution in [1.29, 1.82) is 0 Å². The van der Waals surface area contributed by atoms with E-state index >= 15 is 0 Å². The van der Waals surface area contributed by atoms with Crippen molar-refractivity contribution in [2.75, 3.05) is 37.1 Å². The minimum atomic E-state index is 0.262. The lowest BCUT2D eigenvalue weighted by molar-refractivity contribution is -0.127. The van der Waals surface area contributed by atoms with E-state index in [4.69, 9.17) is 24.4 Å². The maximum absolute atomic E-state index is 11.9. The molecule has 1 amide bonds. The maximum Gasteiger partial charge on any atom is 0.231 e. The lowest BCUT2D eigenvalue weighted by Crippen LogP contribution is -2.27. The third-order valence-corrected chi connectivity index (χ3v) is 7.35. The maximum atomic E-state index is 11.9. The van der Waals surface area contributed by atoms with Gasteiger partial charge in [-0.2, -0.15) is 9.97 Å². The van der Waals surface area contributed by atoms with Crippen LogP contribution in [0.15, 0.2) is 24.5 Å². The first-order valence-corrected chi connectivity index (χ1v) is 13.1. The highest BCUT2D eigenvalue weighted by Crippen LogP contribution is 2.34. The zero-order valence-corrected chi connectivity index (χ0v) is 20.5. The minimum Gasteiger partial charge on any atom is -0.454 e. The van der Waals surface area contributed by atoms with Gasteiger partial charge in [0.2, 0.25) is 18.6 Å². The molecule has 1 saturated heterocycles. The third kappa shape index (κ3) is 4.76. The SMILES string of the molecule is O=C1CCCN1CCCNc1nc(NCc2ccc3c(c2)OCO3)nc2c1ncn2C1CCCCC1. The number of hydrogen-bond donors (Lipinski definition) is 2. The highest BCUT2D eigenvalue weighted by Gasteiger charge is 2.22. The molecule has 1 saturated carbocycles. The Bertz CT molecular complexity index is 1240. The lowest BCUT2D eigenvalue weighted by Gasteiger charge is -2.23. The molecule has 4 heterocycles. The Labute approximate surface area is 210 Å². The molecule has 0 bridgehead atoms. The summed E-state index contributed by atoms with van der Waals surface area (Å²) in [6.07, 6.45) is 10.5. The van der Waals surface area contributed by atoms with Gasteiger partial charge in [-0.3, -0.25) is 4.79 Å².